The molecule has 0 aliphatic heterocycles. The molecule has 3 aromatic rings. The molecular weight excluding hydrogens is 463 g/mol. The van der Waals surface area contributed by atoms with Gasteiger partial charge in [0.15, 0.2) is 0 Å². The molecule has 0 radical (unpaired) electrons. The molecule has 2 bridgehead atoms. The second-order valence-electron chi connectivity index (χ2n) is 8.82. The van der Waals surface area contributed by atoms with Gasteiger partial charge in [-0.25, -0.2) is 4.98 Å². The number of pyridine rings is 1. The van der Waals surface area contributed by atoms with E-state index in [0.717, 1.165) is 29.0 Å². The van der Waals surface area contributed by atoms with Crippen molar-refractivity contribution in [2.45, 2.75) is 38.1 Å². The molecule has 3 aliphatic rings. The molecule has 1 atom stereocenters. The number of nitrogens with zero attached hydrogens (tertiary/aromatic N) is 1. The van der Waals surface area contributed by atoms with E-state index < -0.39 is 0 Å². The Bertz CT molecular complexity index is 1150. The number of aromatic nitrogens is 1. The Morgan fingerprint density at radius 2 is 1.53 bits per heavy atom. The largest absolute Gasteiger partial charge is 0.348 e. The van der Waals surface area contributed by atoms with Crippen molar-refractivity contribution in [1.29, 1.82) is 0 Å². The molecule has 32 heavy (non-hydrogen) atoms. The van der Waals surface area contributed by atoms with Gasteiger partial charge in [0.1, 0.15) is 5.69 Å². The topological polar surface area (TPSA) is 42.0 Å². The standard InChI is InChI=1S/C26H23Cl3N2O/c27-18-7-5-16(6-8-18)20-11-12-23(30-25(20)21-10-9-19(28)14-22(21)29)26(32)31-24-13-15-1-3-17(24)4-2-15/h5-12,14-15,17,24H,1-4,13H2,(H,31,32). The van der Waals surface area contributed by atoms with Crippen molar-refractivity contribution in [3.63, 3.8) is 0 Å². The maximum absolute atomic E-state index is 13.2. The van der Waals surface area contributed by atoms with Crippen molar-refractivity contribution < 1.29 is 4.79 Å². The first-order chi connectivity index (χ1) is 15.5. The zero-order valence-electron chi connectivity index (χ0n) is 17.5. The average Bonchev–Trinajstić information content (AvgIpc) is 2.80. The first-order valence-corrected chi connectivity index (χ1v) is 12.1. The Hall–Kier alpha value is -2.07. The molecule has 1 unspecified atom stereocenters. The zero-order chi connectivity index (χ0) is 22.2. The summed E-state index contributed by atoms with van der Waals surface area (Å²) in [4.78, 5) is 17.9. The zero-order valence-corrected chi connectivity index (χ0v) is 19.7. The number of amides is 1. The van der Waals surface area contributed by atoms with Crippen LogP contribution in [-0.4, -0.2) is 16.9 Å². The van der Waals surface area contributed by atoms with Crippen molar-refractivity contribution in [1.82, 2.24) is 10.3 Å². The summed E-state index contributed by atoms with van der Waals surface area (Å²) < 4.78 is 0. The molecule has 3 fully saturated rings. The fraction of sp³-hybridized carbons (Fsp3) is 0.308. The van der Waals surface area contributed by atoms with Gasteiger partial charge in [0.25, 0.3) is 5.91 Å². The third-order valence-corrected chi connectivity index (χ3v) is 7.63. The van der Waals surface area contributed by atoms with Crippen LogP contribution >= 0.6 is 34.8 Å². The van der Waals surface area contributed by atoms with E-state index in [0.29, 0.717) is 32.4 Å². The minimum Gasteiger partial charge on any atom is -0.348 e. The number of hydrogen-bond donors (Lipinski definition) is 1. The molecule has 1 N–H and O–H groups in total. The second-order valence-corrected chi connectivity index (χ2v) is 10.1. The van der Waals surface area contributed by atoms with E-state index in [1.165, 1.54) is 25.7 Å². The minimum atomic E-state index is -0.128. The van der Waals surface area contributed by atoms with E-state index >= 15 is 0 Å². The van der Waals surface area contributed by atoms with E-state index in [2.05, 4.69) is 5.32 Å². The number of carbonyl (C=O) groups excluding carboxylic acids is 1. The van der Waals surface area contributed by atoms with E-state index in [1.807, 2.05) is 36.4 Å². The predicted octanol–water partition coefficient (Wildman–Crippen LogP) is 7.68. The van der Waals surface area contributed by atoms with Crippen LogP contribution in [0.2, 0.25) is 15.1 Å². The SMILES string of the molecule is O=C(NC1CC2CCC1CC2)c1ccc(-c2ccc(Cl)cc2)c(-c2ccc(Cl)cc2Cl)n1. The van der Waals surface area contributed by atoms with Crippen LogP contribution < -0.4 is 5.32 Å². The Balaban J connectivity index is 1.52. The average molecular weight is 486 g/mol. The second kappa shape index (κ2) is 9.05. The van der Waals surface area contributed by atoms with Gasteiger partial charge in [0.05, 0.1) is 10.7 Å². The van der Waals surface area contributed by atoms with Crippen LogP contribution in [0.4, 0.5) is 0 Å². The van der Waals surface area contributed by atoms with Gasteiger partial charge >= 0.3 is 0 Å². The molecule has 164 valence electrons. The van der Waals surface area contributed by atoms with Gasteiger partial charge in [-0.15, -0.1) is 0 Å². The molecule has 1 aromatic heterocycles. The molecule has 6 heteroatoms. The summed E-state index contributed by atoms with van der Waals surface area (Å²) in [6, 6.07) is 16.8. The molecule has 3 aliphatic carbocycles. The first kappa shape index (κ1) is 21.8. The highest BCUT2D eigenvalue weighted by Gasteiger charge is 2.36. The summed E-state index contributed by atoms with van der Waals surface area (Å²) >= 11 is 18.7. The predicted molar refractivity (Wildman–Crippen MR) is 131 cm³/mol. The summed E-state index contributed by atoms with van der Waals surface area (Å²) in [5.74, 6) is 1.20. The van der Waals surface area contributed by atoms with Crippen molar-refractivity contribution in [3.8, 4) is 22.4 Å². The highest BCUT2D eigenvalue weighted by Crippen LogP contribution is 2.41. The molecular formula is C26H23Cl3N2O. The lowest BCUT2D eigenvalue weighted by Crippen LogP contribution is -2.47. The number of halogens is 3. The summed E-state index contributed by atoms with van der Waals surface area (Å²) in [5, 5.41) is 4.96. The first-order valence-electron chi connectivity index (χ1n) is 11.0. The molecule has 6 rings (SSSR count). The van der Waals surface area contributed by atoms with Crippen molar-refractivity contribution in [3.05, 3.63) is 75.4 Å². The quantitative estimate of drug-likeness (QED) is 0.411. The van der Waals surface area contributed by atoms with Crippen molar-refractivity contribution in [2.75, 3.05) is 0 Å². The molecule has 2 aromatic carbocycles. The van der Waals surface area contributed by atoms with Crippen LogP contribution in [-0.2, 0) is 0 Å². The summed E-state index contributed by atoms with van der Waals surface area (Å²) in [7, 11) is 0. The van der Waals surface area contributed by atoms with Gasteiger partial charge in [-0.2, -0.15) is 0 Å². The Morgan fingerprint density at radius 3 is 2.19 bits per heavy atom. The normalized spacial score (nSPS) is 22.0. The Morgan fingerprint density at radius 1 is 0.844 bits per heavy atom. The number of nitrogens with one attached hydrogen (secondary N) is 1. The number of hydrogen-bond acceptors (Lipinski definition) is 2. The molecule has 0 spiro atoms. The fourth-order valence-corrected chi connectivity index (χ4v) is 5.76. The van der Waals surface area contributed by atoms with Crippen LogP contribution in [0.1, 0.15) is 42.6 Å². The van der Waals surface area contributed by atoms with Gasteiger partial charge in [0.2, 0.25) is 0 Å². The van der Waals surface area contributed by atoms with Crippen molar-refractivity contribution >= 4 is 40.7 Å². The molecule has 1 heterocycles. The van der Waals surface area contributed by atoms with E-state index in [-0.39, 0.29) is 11.9 Å². The van der Waals surface area contributed by atoms with Gasteiger partial charge < -0.3 is 5.32 Å². The number of rotatable bonds is 4. The lowest BCUT2D eigenvalue weighted by atomic mass is 9.68. The molecule has 0 saturated heterocycles. The number of benzene rings is 2. The summed E-state index contributed by atoms with van der Waals surface area (Å²) in [6.45, 7) is 0. The van der Waals surface area contributed by atoms with E-state index in [4.69, 9.17) is 39.8 Å². The highest BCUT2D eigenvalue weighted by atomic mass is 35.5. The van der Waals surface area contributed by atoms with Gasteiger partial charge in [-0.1, -0.05) is 59.8 Å². The van der Waals surface area contributed by atoms with Crippen LogP contribution in [0.5, 0.6) is 0 Å². The van der Waals surface area contributed by atoms with Crippen LogP contribution in [0, 0.1) is 11.8 Å². The summed E-state index contributed by atoms with van der Waals surface area (Å²) in [5.41, 5.74) is 3.59. The minimum absolute atomic E-state index is 0.128. The van der Waals surface area contributed by atoms with Crippen LogP contribution in [0.25, 0.3) is 22.4 Å². The maximum atomic E-state index is 13.2. The fourth-order valence-electron chi connectivity index (χ4n) is 5.13. The monoisotopic (exact) mass is 484 g/mol. The van der Waals surface area contributed by atoms with Gasteiger partial charge in [-0.05, 0) is 79.1 Å². The lowest BCUT2D eigenvalue weighted by molar-refractivity contribution is 0.0806. The van der Waals surface area contributed by atoms with E-state index in [9.17, 15) is 4.79 Å². The summed E-state index contributed by atoms with van der Waals surface area (Å²) in [6.07, 6.45) is 6.10. The van der Waals surface area contributed by atoms with E-state index in [1.54, 1.807) is 18.2 Å². The lowest BCUT2D eigenvalue weighted by Gasteiger charge is -2.42. The molecule has 3 nitrogen and oxygen atoms in total. The highest BCUT2D eigenvalue weighted by molar-refractivity contribution is 6.36. The number of carbonyl (C=O) groups is 1. The Kier molecular flexibility index (Phi) is 6.16. The molecule has 3 saturated carbocycles. The van der Waals surface area contributed by atoms with Crippen LogP contribution in [0.15, 0.2) is 54.6 Å². The smallest absolute Gasteiger partial charge is 0.270 e. The Labute approximate surface area is 203 Å². The van der Waals surface area contributed by atoms with Gasteiger partial charge in [-0.3, -0.25) is 4.79 Å². The van der Waals surface area contributed by atoms with Gasteiger partial charge in [0, 0.05) is 27.2 Å². The van der Waals surface area contributed by atoms with Crippen LogP contribution in [0.3, 0.4) is 0 Å². The molecule has 1 amide bonds. The van der Waals surface area contributed by atoms with Crippen molar-refractivity contribution in [2.24, 2.45) is 11.8 Å². The maximum Gasteiger partial charge on any atom is 0.270 e. The third kappa shape index (κ3) is 4.39. The third-order valence-electron chi connectivity index (χ3n) is 6.83. The number of fused-ring (bicyclic) bond motifs is 3.